The molecule has 2 amide bonds. The SMILES string of the molecule is O=C(Nc1ccc(C(F)(F)F)cc1)Nc1cccc2c1ccn2Cc1ccnc2[nH]ccc12. The van der Waals surface area contributed by atoms with Crippen LogP contribution in [0.1, 0.15) is 11.1 Å². The molecule has 0 unspecified atom stereocenters. The highest BCUT2D eigenvalue weighted by Gasteiger charge is 2.30. The predicted octanol–water partition coefficient (Wildman–Crippen LogP) is 6.23. The predicted molar refractivity (Wildman–Crippen MR) is 121 cm³/mol. The lowest BCUT2D eigenvalue weighted by Gasteiger charge is -2.11. The number of nitrogens with one attached hydrogen (secondary N) is 3. The Bertz CT molecular complexity index is 1450. The summed E-state index contributed by atoms with van der Waals surface area (Å²) in [5.74, 6) is 0. The molecule has 166 valence electrons. The van der Waals surface area contributed by atoms with Crippen LogP contribution in [0.3, 0.4) is 0 Å². The number of alkyl halides is 3. The normalized spacial score (nSPS) is 11.7. The average molecular weight is 449 g/mol. The highest BCUT2D eigenvalue weighted by molar-refractivity contribution is 6.05. The third-order valence-corrected chi connectivity index (χ3v) is 5.42. The number of anilines is 2. The summed E-state index contributed by atoms with van der Waals surface area (Å²) < 4.78 is 40.2. The van der Waals surface area contributed by atoms with Gasteiger partial charge in [-0.3, -0.25) is 0 Å². The number of aromatic amines is 1. The minimum atomic E-state index is -4.42. The van der Waals surface area contributed by atoms with Gasteiger partial charge in [0.1, 0.15) is 5.65 Å². The highest BCUT2D eigenvalue weighted by Crippen LogP contribution is 2.30. The molecule has 6 nitrogen and oxygen atoms in total. The molecule has 0 fully saturated rings. The zero-order valence-electron chi connectivity index (χ0n) is 17.1. The van der Waals surface area contributed by atoms with E-state index >= 15 is 0 Å². The van der Waals surface area contributed by atoms with Crippen LogP contribution >= 0.6 is 0 Å². The number of aromatic nitrogens is 3. The largest absolute Gasteiger partial charge is 0.416 e. The van der Waals surface area contributed by atoms with Gasteiger partial charge in [-0.1, -0.05) is 6.07 Å². The summed E-state index contributed by atoms with van der Waals surface area (Å²) in [6.07, 6.45) is 1.14. The number of pyridine rings is 1. The second kappa shape index (κ2) is 8.01. The second-order valence-electron chi connectivity index (χ2n) is 7.55. The van der Waals surface area contributed by atoms with Crippen molar-refractivity contribution in [3.05, 3.63) is 90.4 Å². The Balaban J connectivity index is 1.35. The molecular formula is C24H18F3N5O. The van der Waals surface area contributed by atoms with Crippen molar-refractivity contribution >= 4 is 39.3 Å². The van der Waals surface area contributed by atoms with Gasteiger partial charge in [-0.25, -0.2) is 9.78 Å². The van der Waals surface area contributed by atoms with Crippen molar-refractivity contribution in [3.8, 4) is 0 Å². The number of benzene rings is 2. The summed E-state index contributed by atoms with van der Waals surface area (Å²) in [7, 11) is 0. The van der Waals surface area contributed by atoms with E-state index in [1.807, 2.05) is 42.7 Å². The fourth-order valence-corrected chi connectivity index (χ4v) is 3.84. The van der Waals surface area contributed by atoms with Gasteiger partial charge in [0.05, 0.1) is 16.8 Å². The van der Waals surface area contributed by atoms with Gasteiger partial charge in [0, 0.05) is 41.6 Å². The summed E-state index contributed by atoms with van der Waals surface area (Å²) in [4.78, 5) is 19.9. The van der Waals surface area contributed by atoms with E-state index < -0.39 is 17.8 Å². The number of amides is 2. The van der Waals surface area contributed by atoms with Crippen molar-refractivity contribution in [2.45, 2.75) is 12.7 Å². The van der Waals surface area contributed by atoms with Gasteiger partial charge in [-0.15, -0.1) is 0 Å². The first-order chi connectivity index (χ1) is 15.9. The molecule has 2 aromatic carbocycles. The second-order valence-corrected chi connectivity index (χ2v) is 7.55. The number of nitrogens with zero attached hydrogens (tertiary/aromatic N) is 2. The quantitative estimate of drug-likeness (QED) is 0.304. The van der Waals surface area contributed by atoms with Crippen molar-refractivity contribution in [1.82, 2.24) is 14.5 Å². The first-order valence-electron chi connectivity index (χ1n) is 10.1. The van der Waals surface area contributed by atoms with Crippen LogP contribution in [0, 0.1) is 0 Å². The maximum Gasteiger partial charge on any atom is 0.416 e. The Morgan fingerprint density at radius 1 is 0.970 bits per heavy atom. The third kappa shape index (κ3) is 4.12. The molecular weight excluding hydrogens is 431 g/mol. The standard InChI is InChI=1S/C24H18F3N5O/c25-24(26,27)16-4-6-17(7-5-16)30-23(33)31-20-2-1-3-21-19(20)10-13-32(21)14-15-8-11-28-22-18(15)9-12-29-22/h1-13H,14H2,(H,28,29)(H2,30,31,33). The third-order valence-electron chi connectivity index (χ3n) is 5.42. The maximum absolute atomic E-state index is 12.7. The number of H-pyrrole nitrogens is 1. The van der Waals surface area contributed by atoms with Crippen molar-refractivity contribution in [2.75, 3.05) is 10.6 Å². The molecule has 5 rings (SSSR count). The van der Waals surface area contributed by atoms with Crippen LogP contribution in [0.4, 0.5) is 29.3 Å². The van der Waals surface area contributed by atoms with E-state index in [9.17, 15) is 18.0 Å². The van der Waals surface area contributed by atoms with Gasteiger partial charge < -0.3 is 20.2 Å². The molecule has 3 aromatic heterocycles. The van der Waals surface area contributed by atoms with Crippen LogP contribution in [0.5, 0.6) is 0 Å². The number of fused-ring (bicyclic) bond motifs is 2. The van der Waals surface area contributed by atoms with Gasteiger partial charge in [-0.2, -0.15) is 13.2 Å². The smallest absolute Gasteiger partial charge is 0.346 e. The zero-order valence-corrected chi connectivity index (χ0v) is 17.1. The first-order valence-corrected chi connectivity index (χ1v) is 10.1. The van der Waals surface area contributed by atoms with Crippen LogP contribution in [-0.2, 0) is 12.7 Å². The van der Waals surface area contributed by atoms with Gasteiger partial charge in [0.25, 0.3) is 0 Å². The lowest BCUT2D eigenvalue weighted by atomic mass is 10.2. The number of rotatable bonds is 4. The summed E-state index contributed by atoms with van der Waals surface area (Å²) >= 11 is 0. The van der Waals surface area contributed by atoms with E-state index in [0.717, 1.165) is 39.6 Å². The van der Waals surface area contributed by atoms with Crippen molar-refractivity contribution in [2.24, 2.45) is 0 Å². The van der Waals surface area contributed by atoms with E-state index in [1.165, 1.54) is 12.1 Å². The molecule has 0 aliphatic rings. The summed E-state index contributed by atoms with van der Waals surface area (Å²) in [5.41, 5.74) is 2.95. The number of carbonyl (C=O) groups excluding carboxylic acids is 1. The molecule has 0 saturated heterocycles. The fraction of sp³-hybridized carbons (Fsp3) is 0.0833. The Hall–Kier alpha value is -4.27. The van der Waals surface area contributed by atoms with Crippen molar-refractivity contribution in [3.63, 3.8) is 0 Å². The van der Waals surface area contributed by atoms with Gasteiger partial charge >= 0.3 is 12.2 Å². The number of hydrogen-bond acceptors (Lipinski definition) is 2. The molecule has 9 heteroatoms. The van der Waals surface area contributed by atoms with Crippen LogP contribution in [0.15, 0.2) is 79.3 Å². The topological polar surface area (TPSA) is 74.7 Å². The Morgan fingerprint density at radius 2 is 1.79 bits per heavy atom. The molecule has 0 saturated carbocycles. The first kappa shape index (κ1) is 20.6. The van der Waals surface area contributed by atoms with Gasteiger partial charge in [0.2, 0.25) is 0 Å². The molecule has 5 aromatic rings. The van der Waals surface area contributed by atoms with Crippen LogP contribution in [0.25, 0.3) is 21.9 Å². The van der Waals surface area contributed by atoms with Gasteiger partial charge in [0.15, 0.2) is 0 Å². The lowest BCUT2D eigenvalue weighted by Crippen LogP contribution is -2.19. The van der Waals surface area contributed by atoms with E-state index in [4.69, 9.17) is 0 Å². The van der Waals surface area contributed by atoms with Crippen LogP contribution in [0.2, 0.25) is 0 Å². The molecule has 0 bridgehead atoms. The van der Waals surface area contributed by atoms with Crippen molar-refractivity contribution in [1.29, 1.82) is 0 Å². The summed E-state index contributed by atoms with van der Waals surface area (Å²) in [6.45, 7) is 0.627. The number of carbonyl (C=O) groups is 1. The Labute approximate surface area is 186 Å². The summed E-state index contributed by atoms with van der Waals surface area (Å²) in [5, 5.41) is 7.24. The van der Waals surface area contributed by atoms with E-state index in [2.05, 4.69) is 25.2 Å². The number of hydrogen-bond donors (Lipinski definition) is 3. The highest BCUT2D eigenvalue weighted by atomic mass is 19.4. The molecule has 0 radical (unpaired) electrons. The maximum atomic E-state index is 12.7. The average Bonchev–Trinajstić information content (AvgIpc) is 3.42. The van der Waals surface area contributed by atoms with E-state index in [-0.39, 0.29) is 5.69 Å². The molecule has 3 N–H and O–H groups in total. The van der Waals surface area contributed by atoms with Gasteiger partial charge in [-0.05, 0) is 60.2 Å². The van der Waals surface area contributed by atoms with Crippen LogP contribution < -0.4 is 10.6 Å². The lowest BCUT2D eigenvalue weighted by molar-refractivity contribution is -0.137. The van der Waals surface area contributed by atoms with E-state index in [1.54, 1.807) is 12.3 Å². The minimum absolute atomic E-state index is 0.262. The summed E-state index contributed by atoms with van der Waals surface area (Å²) in [6, 6.07) is 15.2. The molecule has 33 heavy (non-hydrogen) atoms. The Kier molecular flexibility index (Phi) is 5.01. The monoisotopic (exact) mass is 449 g/mol. The molecule has 0 aliphatic carbocycles. The van der Waals surface area contributed by atoms with E-state index in [0.29, 0.717) is 12.2 Å². The molecule has 0 atom stereocenters. The van der Waals surface area contributed by atoms with Crippen molar-refractivity contribution < 1.29 is 18.0 Å². The fourth-order valence-electron chi connectivity index (χ4n) is 3.84. The minimum Gasteiger partial charge on any atom is -0.346 e. The molecule has 0 spiro atoms. The Morgan fingerprint density at radius 3 is 2.58 bits per heavy atom. The number of halogens is 3. The van der Waals surface area contributed by atoms with Crippen LogP contribution in [-0.4, -0.2) is 20.6 Å². The molecule has 3 heterocycles. The zero-order chi connectivity index (χ0) is 23.0. The number of urea groups is 1. The molecule has 0 aliphatic heterocycles.